The van der Waals surface area contributed by atoms with E-state index < -0.39 is 0 Å². The SMILES string of the molecule is Cc1ccc2[nH]c3c(c2c1)CCN(C(=O)C1CCCCC1)C3CC(C)C. The number of nitrogens with zero attached hydrogens (tertiary/aromatic N) is 1. The van der Waals surface area contributed by atoms with Crippen LogP contribution in [0.25, 0.3) is 10.9 Å². The first kappa shape index (κ1) is 17.6. The van der Waals surface area contributed by atoms with Crippen molar-refractivity contribution in [2.24, 2.45) is 11.8 Å². The number of benzene rings is 1. The molecular weight excluding hydrogens is 320 g/mol. The lowest BCUT2D eigenvalue weighted by Crippen LogP contribution is -2.44. The van der Waals surface area contributed by atoms with E-state index in [9.17, 15) is 4.79 Å². The first-order valence-corrected chi connectivity index (χ1v) is 10.5. The molecule has 1 atom stereocenters. The lowest BCUT2D eigenvalue weighted by atomic mass is 9.85. The quantitative estimate of drug-likeness (QED) is 0.775. The second kappa shape index (κ2) is 7.09. The molecule has 2 aliphatic rings. The van der Waals surface area contributed by atoms with Crippen molar-refractivity contribution >= 4 is 16.8 Å². The normalized spacial score (nSPS) is 21.4. The molecular formula is C23H32N2O. The average molecular weight is 353 g/mol. The van der Waals surface area contributed by atoms with Crippen molar-refractivity contribution in [1.82, 2.24) is 9.88 Å². The summed E-state index contributed by atoms with van der Waals surface area (Å²) in [5.74, 6) is 1.24. The van der Waals surface area contributed by atoms with Crippen LogP contribution in [-0.2, 0) is 11.2 Å². The van der Waals surface area contributed by atoms with Gasteiger partial charge in [0.15, 0.2) is 0 Å². The number of carbonyl (C=O) groups is 1. The van der Waals surface area contributed by atoms with Crippen LogP contribution in [0.3, 0.4) is 0 Å². The maximum atomic E-state index is 13.3. The van der Waals surface area contributed by atoms with Gasteiger partial charge in [-0.1, -0.05) is 44.7 Å². The van der Waals surface area contributed by atoms with Crippen LogP contribution in [0.1, 0.15) is 75.2 Å². The molecule has 0 radical (unpaired) electrons. The molecule has 1 aromatic carbocycles. The Hall–Kier alpha value is -1.77. The zero-order valence-corrected chi connectivity index (χ0v) is 16.5. The molecule has 1 saturated carbocycles. The van der Waals surface area contributed by atoms with Crippen molar-refractivity contribution in [2.45, 2.75) is 71.8 Å². The number of amides is 1. The molecule has 3 heteroatoms. The first-order valence-electron chi connectivity index (χ1n) is 10.5. The van der Waals surface area contributed by atoms with Crippen molar-refractivity contribution < 1.29 is 4.79 Å². The van der Waals surface area contributed by atoms with Crippen molar-refractivity contribution in [2.75, 3.05) is 6.54 Å². The van der Waals surface area contributed by atoms with Crippen molar-refractivity contribution in [3.63, 3.8) is 0 Å². The van der Waals surface area contributed by atoms with Crippen LogP contribution in [0.15, 0.2) is 18.2 Å². The Kier molecular flexibility index (Phi) is 4.81. The summed E-state index contributed by atoms with van der Waals surface area (Å²) in [6.45, 7) is 7.57. The lowest BCUT2D eigenvalue weighted by molar-refractivity contribution is -0.140. The summed E-state index contributed by atoms with van der Waals surface area (Å²) in [5, 5.41) is 1.36. The molecule has 2 aromatic rings. The third kappa shape index (κ3) is 3.17. The van der Waals surface area contributed by atoms with Crippen LogP contribution in [0, 0.1) is 18.8 Å². The molecule has 3 nitrogen and oxygen atoms in total. The average Bonchev–Trinajstić information content (AvgIpc) is 3.00. The van der Waals surface area contributed by atoms with Gasteiger partial charge in [-0.3, -0.25) is 4.79 Å². The molecule has 1 unspecified atom stereocenters. The van der Waals surface area contributed by atoms with Gasteiger partial charge < -0.3 is 9.88 Å². The van der Waals surface area contributed by atoms with E-state index in [2.05, 4.69) is 48.9 Å². The van der Waals surface area contributed by atoms with Gasteiger partial charge in [-0.25, -0.2) is 0 Å². The Labute approximate surface area is 157 Å². The van der Waals surface area contributed by atoms with Crippen LogP contribution in [0.5, 0.6) is 0 Å². The number of hydrogen-bond acceptors (Lipinski definition) is 1. The first-order chi connectivity index (χ1) is 12.5. The third-order valence-electron chi connectivity index (χ3n) is 6.34. The maximum absolute atomic E-state index is 13.3. The van der Waals surface area contributed by atoms with E-state index in [-0.39, 0.29) is 12.0 Å². The number of fused-ring (bicyclic) bond motifs is 3. The summed E-state index contributed by atoms with van der Waals surface area (Å²) >= 11 is 0. The van der Waals surface area contributed by atoms with E-state index >= 15 is 0 Å². The molecule has 1 N–H and O–H groups in total. The molecule has 140 valence electrons. The fourth-order valence-corrected chi connectivity index (χ4v) is 5.02. The zero-order chi connectivity index (χ0) is 18.3. The number of carbonyl (C=O) groups excluding carboxylic acids is 1. The Morgan fingerprint density at radius 3 is 2.73 bits per heavy atom. The van der Waals surface area contributed by atoms with Crippen molar-refractivity contribution in [3.8, 4) is 0 Å². The summed E-state index contributed by atoms with van der Waals surface area (Å²) in [6, 6.07) is 6.88. The number of nitrogens with one attached hydrogen (secondary N) is 1. The van der Waals surface area contributed by atoms with Gasteiger partial charge in [-0.05, 0) is 56.2 Å². The van der Waals surface area contributed by atoms with Crippen LogP contribution < -0.4 is 0 Å². The summed E-state index contributed by atoms with van der Waals surface area (Å²) in [5.41, 5.74) is 5.28. The highest BCUT2D eigenvalue weighted by Gasteiger charge is 2.36. The molecule has 1 fully saturated rings. The van der Waals surface area contributed by atoms with Crippen LogP contribution in [0.4, 0.5) is 0 Å². The van der Waals surface area contributed by atoms with Gasteiger partial charge in [0.1, 0.15) is 0 Å². The molecule has 4 rings (SSSR count). The molecule has 1 aliphatic carbocycles. The second-order valence-corrected chi connectivity index (χ2v) is 8.83. The van der Waals surface area contributed by atoms with Gasteiger partial charge in [0, 0.05) is 29.1 Å². The molecule has 1 aromatic heterocycles. The highest BCUT2D eigenvalue weighted by molar-refractivity contribution is 5.87. The fourth-order valence-electron chi connectivity index (χ4n) is 5.02. The topological polar surface area (TPSA) is 36.1 Å². The van der Waals surface area contributed by atoms with E-state index in [1.807, 2.05) is 0 Å². The molecule has 26 heavy (non-hydrogen) atoms. The van der Waals surface area contributed by atoms with Crippen LogP contribution >= 0.6 is 0 Å². The molecule has 1 aliphatic heterocycles. The minimum Gasteiger partial charge on any atom is -0.356 e. The van der Waals surface area contributed by atoms with Gasteiger partial charge in [0.05, 0.1) is 6.04 Å². The maximum Gasteiger partial charge on any atom is 0.226 e. The van der Waals surface area contributed by atoms with Gasteiger partial charge in [0.2, 0.25) is 5.91 Å². The summed E-state index contributed by atoms with van der Waals surface area (Å²) in [4.78, 5) is 19.3. The standard InChI is InChI=1S/C23H32N2O/c1-15(2)13-21-22-18(19-14-16(3)9-10-20(19)24-22)11-12-25(21)23(26)17-7-5-4-6-8-17/h9-10,14-15,17,21,24H,4-8,11-13H2,1-3H3. The van der Waals surface area contributed by atoms with Gasteiger partial charge >= 0.3 is 0 Å². The Bertz CT molecular complexity index is 798. The van der Waals surface area contributed by atoms with E-state index in [4.69, 9.17) is 0 Å². The van der Waals surface area contributed by atoms with E-state index in [1.165, 1.54) is 47.0 Å². The minimum absolute atomic E-state index is 0.209. The Morgan fingerprint density at radius 2 is 2.00 bits per heavy atom. The fraction of sp³-hybridized carbons (Fsp3) is 0.609. The number of aromatic amines is 1. The summed E-state index contributed by atoms with van der Waals surface area (Å²) in [7, 11) is 0. The Morgan fingerprint density at radius 1 is 1.23 bits per heavy atom. The summed E-state index contributed by atoms with van der Waals surface area (Å²) in [6.07, 6.45) is 7.92. The number of rotatable bonds is 3. The number of H-pyrrole nitrogens is 1. The van der Waals surface area contributed by atoms with E-state index in [1.54, 1.807) is 0 Å². The molecule has 2 heterocycles. The van der Waals surface area contributed by atoms with Crippen molar-refractivity contribution in [3.05, 3.63) is 35.0 Å². The second-order valence-electron chi connectivity index (χ2n) is 8.83. The molecule has 0 bridgehead atoms. The molecule has 0 saturated heterocycles. The van der Waals surface area contributed by atoms with Gasteiger partial charge in [-0.15, -0.1) is 0 Å². The van der Waals surface area contributed by atoms with Crippen molar-refractivity contribution in [1.29, 1.82) is 0 Å². The number of hydrogen-bond donors (Lipinski definition) is 1. The highest BCUT2D eigenvalue weighted by Crippen LogP contribution is 2.40. The predicted molar refractivity (Wildman–Crippen MR) is 107 cm³/mol. The van der Waals surface area contributed by atoms with Crippen LogP contribution in [0.2, 0.25) is 0 Å². The summed E-state index contributed by atoms with van der Waals surface area (Å²) < 4.78 is 0. The molecule has 0 spiro atoms. The smallest absolute Gasteiger partial charge is 0.226 e. The zero-order valence-electron chi connectivity index (χ0n) is 16.5. The Balaban J connectivity index is 1.71. The largest absolute Gasteiger partial charge is 0.356 e. The predicted octanol–water partition coefficient (Wildman–Crippen LogP) is 5.53. The highest BCUT2D eigenvalue weighted by atomic mass is 16.2. The lowest BCUT2D eigenvalue weighted by Gasteiger charge is -2.39. The molecule has 1 amide bonds. The van der Waals surface area contributed by atoms with Gasteiger partial charge in [0.25, 0.3) is 0 Å². The van der Waals surface area contributed by atoms with Gasteiger partial charge in [-0.2, -0.15) is 0 Å². The minimum atomic E-state index is 0.209. The monoisotopic (exact) mass is 352 g/mol. The van der Waals surface area contributed by atoms with Crippen LogP contribution in [-0.4, -0.2) is 22.3 Å². The van der Waals surface area contributed by atoms with E-state index in [0.717, 1.165) is 32.2 Å². The number of aromatic nitrogens is 1. The third-order valence-corrected chi connectivity index (χ3v) is 6.34. The number of aryl methyl sites for hydroxylation is 1. The van der Waals surface area contributed by atoms with E-state index in [0.29, 0.717) is 11.8 Å².